The number of carbonyl (C=O) groups excluding carboxylic acids is 1. The first kappa shape index (κ1) is 19.6. The van der Waals surface area contributed by atoms with Gasteiger partial charge in [-0.15, -0.1) is 0 Å². The summed E-state index contributed by atoms with van der Waals surface area (Å²) in [6, 6.07) is 25.9. The maximum absolute atomic E-state index is 14.0. The van der Waals surface area contributed by atoms with Gasteiger partial charge in [-0.3, -0.25) is 4.79 Å². The third-order valence-electron chi connectivity index (χ3n) is 6.54. The van der Waals surface area contributed by atoms with Crippen LogP contribution in [0, 0.1) is 0 Å². The summed E-state index contributed by atoms with van der Waals surface area (Å²) in [4.78, 5) is 16.3. The van der Waals surface area contributed by atoms with Crippen LogP contribution in [0.15, 0.2) is 84.9 Å². The van der Waals surface area contributed by atoms with E-state index < -0.39 is 5.54 Å². The van der Waals surface area contributed by atoms with Gasteiger partial charge in [0.15, 0.2) is 5.78 Å². The zero-order valence-corrected chi connectivity index (χ0v) is 17.5. The molecule has 0 fully saturated rings. The van der Waals surface area contributed by atoms with E-state index in [1.165, 1.54) is 0 Å². The number of hydrogen-bond acceptors (Lipinski definition) is 4. The van der Waals surface area contributed by atoms with Crippen LogP contribution in [-0.2, 0) is 5.54 Å². The lowest BCUT2D eigenvalue weighted by Crippen LogP contribution is -2.55. The molecule has 2 heterocycles. The molecule has 0 aromatic heterocycles. The van der Waals surface area contributed by atoms with Crippen molar-refractivity contribution in [3.63, 3.8) is 0 Å². The quantitative estimate of drug-likeness (QED) is 0.653. The average molecular weight is 412 g/mol. The predicted octanol–water partition coefficient (Wildman–Crippen LogP) is 4.83. The summed E-state index contributed by atoms with van der Waals surface area (Å²) in [6.45, 7) is 0.0376. The third kappa shape index (κ3) is 2.90. The average Bonchev–Trinajstić information content (AvgIpc) is 3.09. The Bertz CT molecular complexity index is 1140. The van der Waals surface area contributed by atoms with Crippen LogP contribution in [0.3, 0.4) is 0 Å². The smallest absolute Gasteiger partial charge is 0.195 e. The molecule has 0 radical (unpaired) electrons. The van der Waals surface area contributed by atoms with Crippen LogP contribution in [0.4, 0.5) is 5.69 Å². The topological polar surface area (TPSA) is 49.8 Å². The van der Waals surface area contributed by atoms with Crippen LogP contribution in [0.25, 0.3) is 5.57 Å². The molecule has 0 spiro atoms. The summed E-state index contributed by atoms with van der Waals surface area (Å²) >= 11 is 0. The van der Waals surface area contributed by atoms with E-state index in [9.17, 15) is 9.90 Å². The van der Waals surface area contributed by atoms with Gasteiger partial charge in [0, 0.05) is 24.3 Å². The molecule has 0 saturated heterocycles. The Labute approximate surface area is 182 Å². The number of aliphatic hydroxyl groups excluding tert-OH is 1. The summed E-state index contributed by atoms with van der Waals surface area (Å²) in [5.74, 6) is 0.754. The highest BCUT2D eigenvalue weighted by Crippen LogP contribution is 2.54. The number of fused-ring (bicyclic) bond motifs is 3. The fraction of sp³-hybridized carbons (Fsp3) is 0.222. The Kier molecular flexibility index (Phi) is 4.87. The molecule has 0 aliphatic carbocycles. The number of anilines is 1. The summed E-state index contributed by atoms with van der Waals surface area (Å²) in [6.07, 6.45) is 3.30. The zero-order valence-electron chi connectivity index (χ0n) is 17.5. The molecule has 0 unspecified atom stereocenters. The van der Waals surface area contributed by atoms with Crippen molar-refractivity contribution in [2.24, 2.45) is 0 Å². The van der Waals surface area contributed by atoms with Gasteiger partial charge in [-0.2, -0.15) is 0 Å². The fourth-order valence-corrected chi connectivity index (χ4v) is 5.18. The molecule has 2 atom stereocenters. The lowest BCUT2D eigenvalue weighted by Gasteiger charge is -2.48. The van der Waals surface area contributed by atoms with Crippen molar-refractivity contribution in [3.05, 3.63) is 102 Å². The molecule has 3 aromatic rings. The van der Waals surface area contributed by atoms with E-state index >= 15 is 0 Å². The van der Waals surface area contributed by atoms with E-state index in [1.54, 1.807) is 7.11 Å². The fourth-order valence-electron chi connectivity index (χ4n) is 5.18. The van der Waals surface area contributed by atoms with Gasteiger partial charge >= 0.3 is 0 Å². The Morgan fingerprint density at radius 2 is 1.74 bits per heavy atom. The van der Waals surface area contributed by atoms with E-state index in [0.717, 1.165) is 22.4 Å². The Morgan fingerprint density at radius 3 is 2.42 bits per heavy atom. The lowest BCUT2D eigenvalue weighted by molar-refractivity contribution is 0.0889. The highest BCUT2D eigenvalue weighted by Gasteiger charge is 2.56. The summed E-state index contributed by atoms with van der Waals surface area (Å²) in [7, 11) is 1.62. The second-order valence-corrected chi connectivity index (χ2v) is 8.07. The Hall–Kier alpha value is -3.37. The van der Waals surface area contributed by atoms with Crippen LogP contribution < -0.4 is 9.64 Å². The SMILES string of the molecule is COc1ccc2c(c1)C(=O)[C@]1(c3ccccc3)CC=C(c3ccccc3)[C@@H](CCO)N21. The normalized spacial score (nSPS) is 22.0. The minimum atomic E-state index is -0.825. The van der Waals surface area contributed by atoms with Crippen LogP contribution >= 0.6 is 0 Å². The van der Waals surface area contributed by atoms with Crippen LogP contribution in [-0.4, -0.2) is 30.6 Å². The van der Waals surface area contributed by atoms with E-state index in [2.05, 4.69) is 23.1 Å². The number of nitrogens with zero attached hydrogens (tertiary/aromatic N) is 1. The highest BCUT2D eigenvalue weighted by molar-refractivity contribution is 6.16. The predicted molar refractivity (Wildman–Crippen MR) is 122 cm³/mol. The Morgan fingerprint density at radius 1 is 1.03 bits per heavy atom. The summed E-state index contributed by atoms with van der Waals surface area (Å²) in [5.41, 5.74) is 3.99. The molecule has 5 rings (SSSR count). The molecule has 4 heteroatoms. The van der Waals surface area contributed by atoms with Gasteiger partial charge in [0.1, 0.15) is 11.3 Å². The number of rotatable bonds is 5. The van der Waals surface area contributed by atoms with Crippen molar-refractivity contribution in [2.75, 3.05) is 18.6 Å². The molecule has 4 nitrogen and oxygen atoms in total. The number of benzene rings is 3. The molecule has 31 heavy (non-hydrogen) atoms. The Balaban J connectivity index is 1.76. The molecule has 2 aliphatic rings. The van der Waals surface area contributed by atoms with E-state index in [4.69, 9.17) is 4.74 Å². The second-order valence-electron chi connectivity index (χ2n) is 8.07. The minimum absolute atomic E-state index is 0.0376. The zero-order chi connectivity index (χ0) is 21.4. The second kappa shape index (κ2) is 7.71. The van der Waals surface area contributed by atoms with Crippen LogP contribution in [0.2, 0.25) is 0 Å². The van der Waals surface area contributed by atoms with Gasteiger partial charge in [0.25, 0.3) is 0 Å². The number of carbonyl (C=O) groups is 1. The van der Waals surface area contributed by atoms with Gasteiger partial charge in [-0.1, -0.05) is 66.7 Å². The molecule has 1 N–H and O–H groups in total. The molecule has 0 saturated carbocycles. The van der Waals surface area contributed by atoms with Crippen molar-refractivity contribution >= 4 is 17.0 Å². The third-order valence-corrected chi connectivity index (χ3v) is 6.54. The highest BCUT2D eigenvalue weighted by atomic mass is 16.5. The van der Waals surface area contributed by atoms with Crippen LogP contribution in [0.1, 0.15) is 34.3 Å². The first-order valence-electron chi connectivity index (χ1n) is 10.6. The lowest BCUT2D eigenvalue weighted by atomic mass is 9.75. The standard InChI is InChI=1S/C27H25NO3/c1-31-21-12-13-24-23(18-21)26(30)27(20-10-6-3-7-11-20)16-14-22(19-8-4-2-5-9-19)25(15-17-29)28(24)27/h2-14,18,25,29H,15-17H2,1H3/t25-,27-/m1/s1. The number of methoxy groups -OCH3 is 1. The number of Topliss-reactive ketones (excluding diaryl/α,β-unsaturated/α-hetero) is 1. The van der Waals surface area contributed by atoms with Crippen molar-refractivity contribution in [1.82, 2.24) is 0 Å². The van der Waals surface area contributed by atoms with E-state index in [0.29, 0.717) is 24.2 Å². The summed E-state index contributed by atoms with van der Waals surface area (Å²) < 4.78 is 5.42. The van der Waals surface area contributed by atoms with Crippen LogP contribution in [0.5, 0.6) is 5.75 Å². The molecular weight excluding hydrogens is 386 g/mol. The number of hydrogen-bond donors (Lipinski definition) is 1. The molecule has 0 bridgehead atoms. The first-order chi connectivity index (χ1) is 15.2. The molecular formula is C27H25NO3. The van der Waals surface area contributed by atoms with E-state index in [-0.39, 0.29) is 18.4 Å². The van der Waals surface area contributed by atoms with Gasteiger partial charge < -0.3 is 14.7 Å². The van der Waals surface area contributed by atoms with Crippen molar-refractivity contribution in [2.45, 2.75) is 24.4 Å². The van der Waals surface area contributed by atoms with Gasteiger partial charge in [-0.25, -0.2) is 0 Å². The maximum atomic E-state index is 14.0. The maximum Gasteiger partial charge on any atom is 0.195 e. The van der Waals surface area contributed by atoms with Crippen molar-refractivity contribution in [1.29, 1.82) is 0 Å². The van der Waals surface area contributed by atoms with Crippen molar-refractivity contribution < 1.29 is 14.6 Å². The summed E-state index contributed by atoms with van der Waals surface area (Å²) in [5, 5.41) is 9.99. The van der Waals surface area contributed by atoms with Crippen molar-refractivity contribution in [3.8, 4) is 5.75 Å². The monoisotopic (exact) mass is 411 g/mol. The largest absolute Gasteiger partial charge is 0.497 e. The molecule has 156 valence electrons. The molecule has 3 aromatic carbocycles. The number of ketones is 1. The molecule has 0 amide bonds. The minimum Gasteiger partial charge on any atom is -0.497 e. The van der Waals surface area contributed by atoms with Gasteiger partial charge in [-0.05, 0) is 41.3 Å². The van der Waals surface area contributed by atoms with Gasteiger partial charge in [0.2, 0.25) is 0 Å². The first-order valence-corrected chi connectivity index (χ1v) is 10.6. The van der Waals surface area contributed by atoms with Gasteiger partial charge in [0.05, 0.1) is 13.2 Å². The number of ether oxygens (including phenoxy) is 1. The van der Waals surface area contributed by atoms with E-state index in [1.807, 2.05) is 66.7 Å². The number of aliphatic hydroxyl groups is 1. The molecule has 2 aliphatic heterocycles.